The first-order valence-corrected chi connectivity index (χ1v) is 3.59. The Morgan fingerprint density at radius 2 is 2.25 bits per heavy atom. The van der Waals surface area contributed by atoms with Crippen LogP contribution in [0.1, 0.15) is 5.56 Å². The summed E-state index contributed by atoms with van der Waals surface area (Å²) in [5.41, 5.74) is 1.68. The molecule has 62 valence electrons. The molecular weight excluding hydrogens is 150 g/mol. The smallest absolute Gasteiger partial charge is 0.145 e. The van der Waals surface area contributed by atoms with E-state index in [9.17, 15) is 0 Å². The fourth-order valence-corrected chi connectivity index (χ4v) is 1.04. The molecule has 1 aromatic rings. The van der Waals surface area contributed by atoms with E-state index in [0.29, 0.717) is 0 Å². The van der Waals surface area contributed by atoms with Gasteiger partial charge in [-0.05, 0) is 12.8 Å². The van der Waals surface area contributed by atoms with Gasteiger partial charge in [-0.1, -0.05) is 24.8 Å². The van der Waals surface area contributed by atoms with Gasteiger partial charge in [-0.2, -0.15) is 0 Å². The topological polar surface area (TPSA) is 21.6 Å². The Morgan fingerprint density at radius 1 is 1.50 bits per heavy atom. The fourth-order valence-electron chi connectivity index (χ4n) is 1.04. The van der Waals surface area contributed by atoms with Gasteiger partial charge in [0.15, 0.2) is 0 Å². The molecule has 0 unspecified atom stereocenters. The SMILES string of the molecule is C=Cc1cccc(OC)c1N=C. The fraction of sp³-hybridized carbons (Fsp3) is 0.100. The van der Waals surface area contributed by atoms with Crippen LogP contribution in [0.5, 0.6) is 5.75 Å². The van der Waals surface area contributed by atoms with E-state index < -0.39 is 0 Å². The van der Waals surface area contributed by atoms with Crippen molar-refractivity contribution in [3.05, 3.63) is 30.3 Å². The number of hydrogen-bond donors (Lipinski definition) is 0. The second kappa shape index (κ2) is 3.72. The van der Waals surface area contributed by atoms with E-state index in [0.717, 1.165) is 17.0 Å². The van der Waals surface area contributed by atoms with E-state index in [1.807, 2.05) is 18.2 Å². The first kappa shape index (κ1) is 8.53. The summed E-state index contributed by atoms with van der Waals surface area (Å²) in [4.78, 5) is 3.87. The lowest BCUT2D eigenvalue weighted by molar-refractivity contribution is 0.416. The highest BCUT2D eigenvalue weighted by Gasteiger charge is 2.02. The lowest BCUT2D eigenvalue weighted by Gasteiger charge is -2.05. The Labute approximate surface area is 72.2 Å². The largest absolute Gasteiger partial charge is 0.494 e. The number of nitrogens with zero attached hydrogens (tertiary/aromatic N) is 1. The Kier molecular flexibility index (Phi) is 2.64. The Morgan fingerprint density at radius 3 is 2.75 bits per heavy atom. The molecule has 0 radical (unpaired) electrons. The van der Waals surface area contributed by atoms with Crippen LogP contribution in [0.15, 0.2) is 29.8 Å². The second-order valence-electron chi connectivity index (χ2n) is 2.26. The Bertz CT molecular complexity index is 305. The van der Waals surface area contributed by atoms with E-state index in [-0.39, 0.29) is 0 Å². The molecule has 1 aromatic carbocycles. The lowest BCUT2D eigenvalue weighted by atomic mass is 10.1. The second-order valence-corrected chi connectivity index (χ2v) is 2.26. The van der Waals surface area contributed by atoms with Crippen molar-refractivity contribution in [2.24, 2.45) is 4.99 Å². The quantitative estimate of drug-likeness (QED) is 0.624. The van der Waals surface area contributed by atoms with E-state index in [2.05, 4.69) is 18.3 Å². The summed E-state index contributed by atoms with van der Waals surface area (Å²) in [6.45, 7) is 7.14. The van der Waals surface area contributed by atoms with Crippen molar-refractivity contribution in [3.63, 3.8) is 0 Å². The average molecular weight is 161 g/mol. The van der Waals surface area contributed by atoms with Crippen LogP contribution in [0.4, 0.5) is 5.69 Å². The first-order valence-electron chi connectivity index (χ1n) is 3.59. The third-order valence-electron chi connectivity index (χ3n) is 1.63. The standard InChI is InChI=1S/C10H11NO/c1-4-8-6-5-7-9(12-3)10(8)11-2/h4-7H,1-2H2,3H3. The van der Waals surface area contributed by atoms with Crippen molar-refractivity contribution in [2.75, 3.05) is 7.11 Å². The zero-order valence-corrected chi connectivity index (χ0v) is 7.08. The number of para-hydroxylation sites is 1. The molecule has 0 heterocycles. The predicted molar refractivity (Wildman–Crippen MR) is 52.3 cm³/mol. The van der Waals surface area contributed by atoms with Gasteiger partial charge < -0.3 is 4.74 Å². The van der Waals surface area contributed by atoms with Gasteiger partial charge in [0.25, 0.3) is 0 Å². The van der Waals surface area contributed by atoms with Gasteiger partial charge in [0.05, 0.1) is 7.11 Å². The number of aliphatic imine (C=N–C) groups is 1. The van der Waals surface area contributed by atoms with Crippen LogP contribution in [-0.2, 0) is 0 Å². The van der Waals surface area contributed by atoms with Crippen molar-refractivity contribution < 1.29 is 4.74 Å². The molecular formula is C10H11NO. The molecule has 0 aromatic heterocycles. The van der Waals surface area contributed by atoms with Crippen LogP contribution in [0.3, 0.4) is 0 Å². The minimum Gasteiger partial charge on any atom is -0.494 e. The van der Waals surface area contributed by atoms with Gasteiger partial charge in [-0.3, -0.25) is 4.99 Å². The van der Waals surface area contributed by atoms with Crippen LogP contribution in [0, 0.1) is 0 Å². The molecule has 2 nitrogen and oxygen atoms in total. The molecule has 2 heteroatoms. The molecule has 0 amide bonds. The van der Waals surface area contributed by atoms with Crippen LogP contribution in [0.2, 0.25) is 0 Å². The molecule has 0 aliphatic heterocycles. The van der Waals surface area contributed by atoms with Crippen molar-refractivity contribution in [1.82, 2.24) is 0 Å². The normalized spacial score (nSPS) is 9.08. The van der Waals surface area contributed by atoms with Gasteiger partial charge in [0.2, 0.25) is 0 Å². The molecule has 0 saturated carbocycles. The minimum atomic E-state index is 0.724. The zero-order valence-electron chi connectivity index (χ0n) is 7.08. The zero-order chi connectivity index (χ0) is 8.97. The third kappa shape index (κ3) is 1.37. The van der Waals surface area contributed by atoms with Crippen LogP contribution in [0.25, 0.3) is 6.08 Å². The molecule has 1 rings (SSSR count). The first-order chi connectivity index (χ1) is 5.83. The van der Waals surface area contributed by atoms with Crippen LogP contribution >= 0.6 is 0 Å². The van der Waals surface area contributed by atoms with Gasteiger partial charge in [-0.25, -0.2) is 0 Å². The number of benzene rings is 1. The molecule has 0 saturated heterocycles. The highest BCUT2D eigenvalue weighted by Crippen LogP contribution is 2.31. The minimum absolute atomic E-state index is 0.724. The maximum absolute atomic E-state index is 5.10. The molecule has 0 fully saturated rings. The van der Waals surface area contributed by atoms with E-state index in [4.69, 9.17) is 4.74 Å². The maximum atomic E-state index is 5.10. The lowest BCUT2D eigenvalue weighted by Crippen LogP contribution is -1.84. The summed E-state index contributed by atoms with van der Waals surface area (Å²) >= 11 is 0. The molecule has 0 atom stereocenters. The molecule has 0 aliphatic carbocycles. The monoisotopic (exact) mass is 161 g/mol. The average Bonchev–Trinajstić information content (AvgIpc) is 2.16. The van der Waals surface area contributed by atoms with Crippen LogP contribution < -0.4 is 4.74 Å². The number of ether oxygens (including phenoxy) is 1. The summed E-state index contributed by atoms with van der Waals surface area (Å²) in [6, 6.07) is 5.65. The Balaban J connectivity index is 3.31. The molecule has 0 aliphatic rings. The van der Waals surface area contributed by atoms with Crippen LogP contribution in [-0.4, -0.2) is 13.8 Å². The Hall–Kier alpha value is -1.57. The van der Waals surface area contributed by atoms with Crippen molar-refractivity contribution in [2.45, 2.75) is 0 Å². The van der Waals surface area contributed by atoms with Gasteiger partial charge in [-0.15, -0.1) is 0 Å². The van der Waals surface area contributed by atoms with E-state index in [1.54, 1.807) is 13.2 Å². The number of hydrogen-bond acceptors (Lipinski definition) is 2. The summed E-state index contributed by atoms with van der Waals surface area (Å²) in [5, 5.41) is 0. The van der Waals surface area contributed by atoms with Gasteiger partial charge in [0, 0.05) is 5.56 Å². The maximum Gasteiger partial charge on any atom is 0.145 e. The third-order valence-corrected chi connectivity index (χ3v) is 1.63. The molecule has 0 spiro atoms. The van der Waals surface area contributed by atoms with E-state index in [1.165, 1.54) is 0 Å². The van der Waals surface area contributed by atoms with Crippen molar-refractivity contribution in [1.29, 1.82) is 0 Å². The summed E-state index contributed by atoms with van der Waals surface area (Å²) in [7, 11) is 1.61. The predicted octanol–water partition coefficient (Wildman–Crippen LogP) is 2.67. The van der Waals surface area contributed by atoms with Crippen molar-refractivity contribution >= 4 is 18.5 Å². The molecule has 0 N–H and O–H groups in total. The number of rotatable bonds is 3. The number of methoxy groups -OCH3 is 1. The highest BCUT2D eigenvalue weighted by atomic mass is 16.5. The molecule has 0 bridgehead atoms. The molecule has 12 heavy (non-hydrogen) atoms. The van der Waals surface area contributed by atoms with Crippen molar-refractivity contribution in [3.8, 4) is 5.75 Å². The summed E-state index contributed by atoms with van der Waals surface area (Å²) < 4.78 is 5.10. The summed E-state index contributed by atoms with van der Waals surface area (Å²) in [6.07, 6.45) is 1.73. The summed E-state index contributed by atoms with van der Waals surface area (Å²) in [5.74, 6) is 0.724. The van der Waals surface area contributed by atoms with Gasteiger partial charge >= 0.3 is 0 Å². The highest BCUT2D eigenvalue weighted by molar-refractivity contribution is 5.70. The van der Waals surface area contributed by atoms with E-state index >= 15 is 0 Å². The van der Waals surface area contributed by atoms with Gasteiger partial charge in [0.1, 0.15) is 11.4 Å².